The molecule has 17 heavy (non-hydrogen) atoms. The van der Waals surface area contributed by atoms with E-state index in [2.05, 4.69) is 0 Å². The van der Waals surface area contributed by atoms with Gasteiger partial charge in [-0.1, -0.05) is 27.7 Å². The van der Waals surface area contributed by atoms with E-state index in [1.165, 1.54) is 0 Å². The molecule has 2 atom stereocenters. The van der Waals surface area contributed by atoms with E-state index in [-0.39, 0.29) is 28.9 Å². The zero-order valence-electron chi connectivity index (χ0n) is 10.6. The first kappa shape index (κ1) is 21.6. The Morgan fingerprint density at radius 3 is 1.00 bits per heavy atom. The third kappa shape index (κ3) is 11.6. The van der Waals surface area contributed by atoms with E-state index in [4.69, 9.17) is 21.7 Å². The molecule has 0 aromatic rings. The smallest absolute Gasteiger partial charge is 0.320 e. The van der Waals surface area contributed by atoms with E-state index >= 15 is 0 Å². The Labute approximate surface area is 112 Å². The molecule has 0 bridgehead atoms. The fourth-order valence-corrected chi connectivity index (χ4v) is 0.570. The normalized spacial score (nSPS) is 13.2. The van der Waals surface area contributed by atoms with Gasteiger partial charge in [-0.2, -0.15) is 0 Å². The van der Waals surface area contributed by atoms with Crippen molar-refractivity contribution < 1.29 is 36.9 Å². The summed E-state index contributed by atoms with van der Waals surface area (Å²) in [6, 6.07) is -1.43. The second-order valence-corrected chi connectivity index (χ2v) is 4.22. The van der Waals surface area contributed by atoms with E-state index in [1.807, 2.05) is 0 Å². The maximum Gasteiger partial charge on any atom is 0.320 e. The molecule has 0 aliphatic rings. The molecule has 0 aliphatic heterocycles. The predicted molar refractivity (Wildman–Crippen MR) is 60.9 cm³/mol. The van der Waals surface area contributed by atoms with Crippen LogP contribution in [0.2, 0.25) is 0 Å². The number of carboxylic acids is 2. The summed E-state index contributed by atoms with van der Waals surface area (Å²) in [7, 11) is 0. The first-order valence-electron chi connectivity index (χ1n) is 5.08. The molecule has 0 aliphatic carbocycles. The number of carboxylic acid groups (broad SMARTS) is 2. The Kier molecular flexibility index (Phi) is 13.4. The zero-order chi connectivity index (χ0) is 13.5. The molecule has 7 heteroatoms. The monoisotopic (exact) mass is 289 g/mol. The van der Waals surface area contributed by atoms with Gasteiger partial charge in [0, 0.05) is 17.1 Å². The molecule has 0 saturated carbocycles. The van der Waals surface area contributed by atoms with E-state index in [9.17, 15) is 9.59 Å². The quantitative estimate of drug-likeness (QED) is 0.544. The van der Waals surface area contributed by atoms with Crippen LogP contribution in [0.3, 0.4) is 0 Å². The standard InChI is InChI=1S/2C5H11NO2.Mn/c2*1-3(2)4(6)5(7)8;/h2*3-4H,6H2,1-2H3,(H,7,8);/t2*4-;/m00./s1. The van der Waals surface area contributed by atoms with Gasteiger partial charge in [0.25, 0.3) is 0 Å². The Morgan fingerprint density at radius 1 is 0.824 bits per heavy atom. The summed E-state index contributed by atoms with van der Waals surface area (Å²) in [4.78, 5) is 20.0. The first-order chi connectivity index (χ1) is 7.11. The Balaban J connectivity index is -0.000000218. The third-order valence-corrected chi connectivity index (χ3v) is 2.01. The summed E-state index contributed by atoms with van der Waals surface area (Å²) < 4.78 is 0. The number of hydrogen-bond donors (Lipinski definition) is 4. The van der Waals surface area contributed by atoms with E-state index < -0.39 is 24.0 Å². The van der Waals surface area contributed by atoms with Crippen LogP contribution in [0.5, 0.6) is 0 Å². The average Bonchev–Trinajstić information content (AvgIpc) is 2.15. The van der Waals surface area contributed by atoms with Crippen molar-refractivity contribution in [3.63, 3.8) is 0 Å². The number of rotatable bonds is 4. The van der Waals surface area contributed by atoms with Crippen LogP contribution in [0.4, 0.5) is 0 Å². The van der Waals surface area contributed by atoms with Gasteiger partial charge < -0.3 is 21.7 Å². The third-order valence-electron chi connectivity index (χ3n) is 2.01. The fraction of sp³-hybridized carbons (Fsp3) is 0.800. The van der Waals surface area contributed by atoms with Crippen LogP contribution < -0.4 is 11.5 Å². The van der Waals surface area contributed by atoms with Crippen LogP contribution in [-0.4, -0.2) is 34.2 Å². The van der Waals surface area contributed by atoms with Gasteiger partial charge >= 0.3 is 11.9 Å². The number of hydrogen-bond acceptors (Lipinski definition) is 4. The molecule has 6 nitrogen and oxygen atoms in total. The Hall–Kier alpha value is -0.621. The van der Waals surface area contributed by atoms with Gasteiger partial charge in [-0.3, -0.25) is 9.59 Å². The summed E-state index contributed by atoms with van der Waals surface area (Å²) in [5, 5.41) is 16.5. The number of aliphatic carboxylic acids is 2. The fourth-order valence-electron chi connectivity index (χ4n) is 0.570. The van der Waals surface area contributed by atoms with Crippen LogP contribution in [-0.2, 0) is 26.7 Å². The molecule has 0 aromatic carbocycles. The molecule has 0 heterocycles. The zero-order valence-corrected chi connectivity index (χ0v) is 11.7. The van der Waals surface area contributed by atoms with Gasteiger partial charge in [-0.05, 0) is 11.8 Å². The first-order valence-corrected chi connectivity index (χ1v) is 5.08. The van der Waals surface area contributed by atoms with Crippen LogP contribution in [0.1, 0.15) is 27.7 Å². The molecule has 0 fully saturated rings. The number of carbonyl (C=O) groups is 2. The van der Waals surface area contributed by atoms with Crippen molar-refractivity contribution >= 4 is 11.9 Å². The minimum Gasteiger partial charge on any atom is -0.480 e. The molecular formula is C10H22MnN2O4. The molecular weight excluding hydrogens is 267 g/mol. The molecule has 0 spiro atoms. The maximum atomic E-state index is 10.0. The largest absolute Gasteiger partial charge is 0.480 e. The second kappa shape index (κ2) is 10.5. The van der Waals surface area contributed by atoms with Gasteiger partial charge in [0.15, 0.2) is 0 Å². The van der Waals surface area contributed by atoms with Gasteiger partial charge in [0.05, 0.1) is 0 Å². The Morgan fingerprint density at radius 2 is 1.00 bits per heavy atom. The van der Waals surface area contributed by atoms with Crippen molar-refractivity contribution in [1.29, 1.82) is 0 Å². The molecule has 0 amide bonds. The summed E-state index contributed by atoms with van der Waals surface area (Å²) in [6.07, 6.45) is 0. The summed E-state index contributed by atoms with van der Waals surface area (Å²) >= 11 is 0. The van der Waals surface area contributed by atoms with Crippen LogP contribution in [0, 0.1) is 11.8 Å². The van der Waals surface area contributed by atoms with Crippen LogP contribution in [0.15, 0.2) is 0 Å². The molecule has 6 N–H and O–H groups in total. The average molecular weight is 289 g/mol. The van der Waals surface area contributed by atoms with Gasteiger partial charge in [0.1, 0.15) is 12.1 Å². The number of nitrogens with two attached hydrogens (primary N) is 2. The Bertz CT molecular complexity index is 210. The van der Waals surface area contributed by atoms with Crippen molar-refractivity contribution in [3.05, 3.63) is 0 Å². The maximum absolute atomic E-state index is 10.0. The SMILES string of the molecule is CC(C)[C@H](N)C(=O)O.CC(C)[C@H](N)C(=O)O.[Mn]. The van der Waals surface area contributed by atoms with Gasteiger partial charge in [0.2, 0.25) is 0 Å². The van der Waals surface area contributed by atoms with Crippen LogP contribution in [0.25, 0.3) is 0 Å². The summed E-state index contributed by atoms with van der Waals surface area (Å²) in [5.74, 6) is -1.82. The van der Waals surface area contributed by atoms with E-state index in [0.717, 1.165) is 0 Å². The molecule has 0 aromatic heterocycles. The minimum atomic E-state index is -0.931. The molecule has 103 valence electrons. The molecule has 0 unspecified atom stereocenters. The van der Waals surface area contributed by atoms with Gasteiger partial charge in [-0.25, -0.2) is 0 Å². The second-order valence-electron chi connectivity index (χ2n) is 4.22. The molecule has 0 rings (SSSR count). The van der Waals surface area contributed by atoms with Crippen molar-refractivity contribution in [2.75, 3.05) is 0 Å². The van der Waals surface area contributed by atoms with E-state index in [1.54, 1.807) is 27.7 Å². The summed E-state index contributed by atoms with van der Waals surface area (Å²) in [5.41, 5.74) is 10.3. The van der Waals surface area contributed by atoms with Crippen molar-refractivity contribution in [2.24, 2.45) is 23.3 Å². The van der Waals surface area contributed by atoms with Crippen molar-refractivity contribution in [3.8, 4) is 0 Å². The molecule has 0 saturated heterocycles. The van der Waals surface area contributed by atoms with Crippen molar-refractivity contribution in [2.45, 2.75) is 39.8 Å². The van der Waals surface area contributed by atoms with E-state index in [0.29, 0.717) is 0 Å². The molecule has 1 radical (unpaired) electrons. The topological polar surface area (TPSA) is 127 Å². The van der Waals surface area contributed by atoms with Gasteiger partial charge in [-0.15, -0.1) is 0 Å². The minimum absolute atomic E-state index is 0. The summed E-state index contributed by atoms with van der Waals surface area (Å²) in [6.45, 7) is 7.11. The van der Waals surface area contributed by atoms with Crippen LogP contribution >= 0.6 is 0 Å². The predicted octanol–water partition coefficient (Wildman–Crippen LogP) is 0.106. The van der Waals surface area contributed by atoms with Crippen molar-refractivity contribution in [1.82, 2.24) is 0 Å².